The van der Waals surface area contributed by atoms with Gasteiger partial charge in [0.05, 0.1) is 42.7 Å². The highest BCUT2D eigenvalue weighted by molar-refractivity contribution is 8.55. The standard InChI is InChI=1S/C33H44F2N10O12P2S2/c1-32(2,3)29(47)51-13-60-58(49)53-8-15-7-16(44-11-40-20-24(36)38-10-39-25(20)44)18(34)22(15)56-59(50,61-14-52-30(48)33(4,5)6)54-9-17-23(57-58)19(35)28(55-17)45-12-41-21-26(45)42-31(37)43-27(21)46/h10-12,15-19,22-23,28H,7-9,13-14H2,1-6H3,(H2,36,38,39)(H3,37,42,43,46)/t15-,16-,17-,18?,19?,22?,23?,28-,58?,59?/m1/s1. The Balaban J connectivity index is 1.25. The minimum absolute atomic E-state index is 0.0426. The normalized spacial score (nSPS) is 31.3. The van der Waals surface area contributed by atoms with Crippen LogP contribution in [-0.2, 0) is 51.0 Å². The van der Waals surface area contributed by atoms with Gasteiger partial charge in [-0.15, -0.1) is 0 Å². The highest BCUT2D eigenvalue weighted by Crippen LogP contribution is 2.67. The molecule has 1 aliphatic carbocycles. The Hall–Kier alpha value is -3.74. The molecule has 4 aromatic rings. The Morgan fingerprint density at radius 2 is 1.44 bits per heavy atom. The number of aromatic nitrogens is 8. The number of carbonyl (C=O) groups excluding carboxylic acids is 2. The van der Waals surface area contributed by atoms with Gasteiger partial charge in [-0.05, 0) is 48.0 Å². The van der Waals surface area contributed by atoms with E-state index < -0.39 is 116 Å². The molecule has 0 radical (unpaired) electrons. The number of alkyl halides is 2. The number of hydrogen-bond donors (Lipinski definition) is 3. The van der Waals surface area contributed by atoms with E-state index >= 15 is 8.78 Å². The van der Waals surface area contributed by atoms with Crippen molar-refractivity contribution in [2.75, 3.05) is 36.6 Å². The summed E-state index contributed by atoms with van der Waals surface area (Å²) in [4.78, 5) is 60.7. The van der Waals surface area contributed by atoms with Gasteiger partial charge in [0.2, 0.25) is 5.95 Å². The van der Waals surface area contributed by atoms with Crippen molar-refractivity contribution in [1.29, 1.82) is 0 Å². The van der Waals surface area contributed by atoms with Gasteiger partial charge in [-0.1, -0.05) is 0 Å². The van der Waals surface area contributed by atoms with Crippen LogP contribution in [0.2, 0.25) is 0 Å². The number of halogens is 2. The zero-order valence-corrected chi connectivity index (χ0v) is 37.0. The van der Waals surface area contributed by atoms with Crippen LogP contribution in [-0.4, -0.2) is 107 Å². The predicted molar refractivity (Wildman–Crippen MR) is 216 cm³/mol. The molecule has 28 heteroatoms. The lowest BCUT2D eigenvalue weighted by Gasteiger charge is -2.31. The van der Waals surface area contributed by atoms with Gasteiger partial charge >= 0.3 is 25.5 Å². The third-order valence-corrected chi connectivity index (χ3v) is 16.5. The van der Waals surface area contributed by atoms with Crippen LogP contribution in [0.5, 0.6) is 0 Å². The maximum absolute atomic E-state index is 17.0. The lowest BCUT2D eigenvalue weighted by atomic mass is 9.98. The predicted octanol–water partition coefficient (Wildman–Crippen LogP) is 4.85. The molecule has 1 saturated carbocycles. The average Bonchev–Trinajstić information content (AvgIpc) is 3.94. The molecule has 0 spiro atoms. The SMILES string of the molecule is CC(C)(C)C(=O)OCSP1(=O)OC[C@H]2O[C@@H](n3cnc4c(=O)[nH]c(N)nc43)C(F)C2OP(=O)(SCOC(=O)C(C)(C)C)OC[C@H]2C[C@@H](n3cnc4c(N)ncnc43)C(F)C2O1. The van der Waals surface area contributed by atoms with Crippen LogP contribution in [0.15, 0.2) is 23.8 Å². The number of nitrogens with zero attached hydrogens (tertiary/aromatic N) is 7. The van der Waals surface area contributed by atoms with E-state index in [2.05, 4.69) is 29.9 Å². The van der Waals surface area contributed by atoms with Crippen LogP contribution in [0.25, 0.3) is 22.3 Å². The minimum Gasteiger partial charge on any atom is -0.454 e. The Morgan fingerprint density at radius 3 is 2.08 bits per heavy atom. The van der Waals surface area contributed by atoms with Crippen LogP contribution >= 0.6 is 36.4 Å². The number of H-pyrrole nitrogens is 1. The molecule has 5 N–H and O–H groups in total. The summed E-state index contributed by atoms with van der Waals surface area (Å²) in [7, 11) is 0. The quantitative estimate of drug-likeness (QED) is 0.121. The van der Waals surface area contributed by atoms with Crippen LogP contribution in [0.4, 0.5) is 20.5 Å². The van der Waals surface area contributed by atoms with E-state index in [1.807, 2.05) is 0 Å². The lowest BCUT2D eigenvalue weighted by molar-refractivity contribution is -0.151. The summed E-state index contributed by atoms with van der Waals surface area (Å²) in [6.45, 7) is -1.02. The van der Waals surface area contributed by atoms with Crippen LogP contribution in [0, 0.1) is 16.7 Å². The second-order valence-corrected chi connectivity index (χ2v) is 24.3. The summed E-state index contributed by atoms with van der Waals surface area (Å²) < 4.78 is 107. The first-order chi connectivity index (χ1) is 28.6. The number of ether oxygens (including phenoxy) is 3. The number of anilines is 2. The Kier molecular flexibility index (Phi) is 12.7. The van der Waals surface area contributed by atoms with Crippen LogP contribution < -0.4 is 17.0 Å². The number of aromatic amines is 1. The molecule has 3 aliphatic rings. The Labute approximate surface area is 353 Å². The highest BCUT2D eigenvalue weighted by Gasteiger charge is 2.55. The number of rotatable bonds is 8. The number of fused-ring (bicyclic) bond motifs is 4. The van der Waals surface area contributed by atoms with Crippen molar-refractivity contribution in [1.82, 2.24) is 39.0 Å². The van der Waals surface area contributed by atoms with Gasteiger partial charge < -0.3 is 34.8 Å². The van der Waals surface area contributed by atoms with Gasteiger partial charge in [0, 0.05) is 28.7 Å². The summed E-state index contributed by atoms with van der Waals surface area (Å²) in [5, 5.41) is 0. The molecule has 61 heavy (non-hydrogen) atoms. The minimum atomic E-state index is -4.64. The van der Waals surface area contributed by atoms with Crippen LogP contribution in [0.1, 0.15) is 60.2 Å². The molecule has 7 rings (SSSR count). The lowest BCUT2D eigenvalue weighted by Crippen LogP contribution is -2.35. The van der Waals surface area contributed by atoms with Gasteiger partial charge in [-0.3, -0.25) is 37.5 Å². The van der Waals surface area contributed by atoms with Crippen molar-refractivity contribution >= 4 is 82.4 Å². The Bertz CT molecular complexity index is 2470. The van der Waals surface area contributed by atoms with Crippen molar-refractivity contribution in [2.24, 2.45) is 16.7 Å². The zero-order chi connectivity index (χ0) is 44.2. The highest BCUT2D eigenvalue weighted by atomic mass is 32.7. The molecular formula is C33H44F2N10O12P2S2. The molecular weight excluding hydrogens is 892 g/mol. The zero-order valence-electron chi connectivity index (χ0n) is 33.5. The molecule has 334 valence electrons. The number of carbonyl (C=O) groups is 2. The average molecular weight is 937 g/mol. The van der Waals surface area contributed by atoms with Gasteiger partial charge in [0.25, 0.3) is 5.56 Å². The molecule has 6 unspecified atom stereocenters. The molecule has 2 saturated heterocycles. The van der Waals surface area contributed by atoms with Crippen LogP contribution in [0.3, 0.4) is 0 Å². The fraction of sp³-hybridized carbons (Fsp3) is 0.636. The largest absolute Gasteiger partial charge is 0.454 e. The smallest absolute Gasteiger partial charge is 0.392 e. The van der Waals surface area contributed by atoms with E-state index in [0.717, 1.165) is 10.9 Å². The topological polar surface area (TPSA) is 292 Å². The molecule has 4 aromatic heterocycles. The molecule has 0 amide bonds. The van der Waals surface area contributed by atoms with E-state index in [4.69, 9.17) is 43.8 Å². The first-order valence-electron chi connectivity index (χ1n) is 18.7. The number of nitrogens with two attached hydrogens (primary N) is 2. The van der Waals surface area contributed by atoms with E-state index in [0.29, 0.717) is 22.8 Å². The third-order valence-electron chi connectivity index (χ3n) is 9.80. The molecule has 0 aromatic carbocycles. The Morgan fingerprint density at radius 1 is 0.852 bits per heavy atom. The fourth-order valence-electron chi connectivity index (χ4n) is 6.62. The maximum Gasteiger partial charge on any atom is 0.392 e. The summed E-state index contributed by atoms with van der Waals surface area (Å²) in [6.07, 6.45) is -7.46. The van der Waals surface area contributed by atoms with Gasteiger partial charge in [0.1, 0.15) is 48.2 Å². The molecule has 0 bridgehead atoms. The number of nitrogens with one attached hydrogen (secondary N) is 1. The van der Waals surface area contributed by atoms with E-state index in [9.17, 15) is 23.5 Å². The monoisotopic (exact) mass is 936 g/mol. The van der Waals surface area contributed by atoms with Gasteiger partial charge in [-0.2, -0.15) is 4.98 Å². The first kappa shape index (κ1) is 45.3. The van der Waals surface area contributed by atoms with Gasteiger partial charge in [0.15, 0.2) is 35.0 Å². The van der Waals surface area contributed by atoms with E-state index in [-0.39, 0.29) is 40.5 Å². The molecule has 2 aliphatic heterocycles. The molecule has 10 atom stereocenters. The van der Waals surface area contributed by atoms with Crippen molar-refractivity contribution in [3.8, 4) is 0 Å². The van der Waals surface area contributed by atoms with Crippen molar-refractivity contribution in [2.45, 2.75) is 90.9 Å². The number of imidazole rings is 2. The summed E-state index contributed by atoms with van der Waals surface area (Å²) >= 11 is 0.859. The fourth-order valence-corrected chi connectivity index (χ4v) is 12.3. The maximum atomic E-state index is 17.0. The van der Waals surface area contributed by atoms with Crippen molar-refractivity contribution in [3.05, 3.63) is 29.3 Å². The summed E-state index contributed by atoms with van der Waals surface area (Å²) in [5.74, 6) is -3.76. The second kappa shape index (κ2) is 17.1. The summed E-state index contributed by atoms with van der Waals surface area (Å²) in [5.41, 5.74) is 9.15. The third kappa shape index (κ3) is 9.47. The number of esters is 2. The molecule has 22 nitrogen and oxygen atoms in total. The van der Waals surface area contributed by atoms with Gasteiger partial charge in [-0.25, -0.2) is 37.8 Å². The summed E-state index contributed by atoms with van der Waals surface area (Å²) in [6, 6.07) is -1.10. The molecule has 6 heterocycles. The number of hydrogen-bond acceptors (Lipinski definition) is 21. The van der Waals surface area contributed by atoms with Crippen molar-refractivity contribution in [3.63, 3.8) is 0 Å². The van der Waals surface area contributed by atoms with E-state index in [1.54, 1.807) is 41.5 Å². The number of nitrogen functional groups attached to an aromatic ring is 2. The van der Waals surface area contributed by atoms with E-state index in [1.165, 1.54) is 17.2 Å². The molecule has 3 fully saturated rings. The van der Waals surface area contributed by atoms with Crippen molar-refractivity contribution < 1.29 is 59.8 Å². The second-order valence-electron chi connectivity index (χ2n) is 16.4. The first-order valence-corrected chi connectivity index (χ1v) is 24.9.